The Kier molecular flexibility index (Phi) is 6.40. The number of benzene rings is 2. The smallest absolute Gasteiger partial charge is 0.405 e. The van der Waals surface area contributed by atoms with Crippen LogP contribution in [0.15, 0.2) is 42.5 Å². The monoisotopic (exact) mass is 425 g/mol. The molecule has 0 unspecified atom stereocenters. The summed E-state index contributed by atoms with van der Waals surface area (Å²) in [6, 6.07) is 9.35. The standard InChI is InChI=1S/C19H18F3N3O5/c20-19(21,22)30-17-4-2-1-3-13(17)12-23-18(26)15-11-14(25(27)28)5-6-16(15)24-7-9-29-10-8-24/h1-6,11H,7-10,12H2,(H,23,26). The van der Waals surface area contributed by atoms with Crippen LogP contribution in [0.1, 0.15) is 15.9 Å². The average Bonchev–Trinajstić information content (AvgIpc) is 2.72. The molecule has 160 valence electrons. The van der Waals surface area contributed by atoms with Gasteiger partial charge in [0.1, 0.15) is 5.75 Å². The molecule has 2 aromatic carbocycles. The molecular formula is C19H18F3N3O5. The Bertz CT molecular complexity index is 930. The summed E-state index contributed by atoms with van der Waals surface area (Å²) in [6.45, 7) is 1.64. The van der Waals surface area contributed by atoms with Crippen molar-refractivity contribution in [1.82, 2.24) is 5.32 Å². The number of hydrogen-bond donors (Lipinski definition) is 1. The second kappa shape index (κ2) is 8.99. The van der Waals surface area contributed by atoms with E-state index in [-0.39, 0.29) is 23.4 Å². The maximum atomic E-state index is 12.8. The third-order valence-corrected chi connectivity index (χ3v) is 4.43. The van der Waals surface area contributed by atoms with E-state index in [1.165, 1.54) is 30.3 Å². The molecule has 11 heteroatoms. The van der Waals surface area contributed by atoms with Crippen LogP contribution in [-0.4, -0.2) is 43.5 Å². The summed E-state index contributed by atoms with van der Waals surface area (Å²) in [5, 5.41) is 13.7. The van der Waals surface area contributed by atoms with Crippen LogP contribution in [0, 0.1) is 10.1 Å². The maximum absolute atomic E-state index is 12.8. The third kappa shape index (κ3) is 5.38. The summed E-state index contributed by atoms with van der Waals surface area (Å²) in [6.07, 6.45) is -4.87. The van der Waals surface area contributed by atoms with Crippen LogP contribution in [0.5, 0.6) is 5.75 Å². The summed E-state index contributed by atoms with van der Waals surface area (Å²) < 4.78 is 47.0. The van der Waals surface area contributed by atoms with Gasteiger partial charge in [0.2, 0.25) is 0 Å². The molecule has 0 spiro atoms. The summed E-state index contributed by atoms with van der Waals surface area (Å²) in [4.78, 5) is 25.2. The molecule has 0 aromatic heterocycles. The Morgan fingerprint density at radius 1 is 1.20 bits per heavy atom. The first-order chi connectivity index (χ1) is 14.2. The lowest BCUT2D eigenvalue weighted by Gasteiger charge is -2.30. The van der Waals surface area contributed by atoms with Gasteiger partial charge < -0.3 is 19.7 Å². The minimum Gasteiger partial charge on any atom is -0.405 e. The molecule has 1 saturated heterocycles. The molecule has 8 nitrogen and oxygen atoms in total. The number of non-ortho nitro benzene ring substituents is 1. The highest BCUT2D eigenvalue weighted by atomic mass is 19.4. The number of anilines is 1. The van der Waals surface area contributed by atoms with E-state index in [0.717, 1.165) is 12.1 Å². The van der Waals surface area contributed by atoms with Gasteiger partial charge in [0.05, 0.1) is 29.4 Å². The zero-order valence-electron chi connectivity index (χ0n) is 15.6. The average molecular weight is 425 g/mol. The number of carbonyl (C=O) groups is 1. The number of alkyl halides is 3. The van der Waals surface area contributed by atoms with Gasteiger partial charge in [-0.1, -0.05) is 18.2 Å². The number of amides is 1. The molecule has 1 amide bonds. The third-order valence-electron chi connectivity index (χ3n) is 4.43. The van der Waals surface area contributed by atoms with E-state index in [9.17, 15) is 28.1 Å². The fraction of sp³-hybridized carbons (Fsp3) is 0.316. The number of nitro benzene ring substituents is 1. The van der Waals surface area contributed by atoms with E-state index in [0.29, 0.717) is 32.0 Å². The van der Waals surface area contributed by atoms with Crippen molar-refractivity contribution in [2.45, 2.75) is 12.9 Å². The number of rotatable bonds is 6. The van der Waals surface area contributed by atoms with Crippen LogP contribution in [0.4, 0.5) is 24.5 Å². The van der Waals surface area contributed by atoms with Crippen LogP contribution >= 0.6 is 0 Å². The number of para-hydroxylation sites is 1. The molecule has 0 saturated carbocycles. The van der Waals surface area contributed by atoms with Crippen LogP contribution < -0.4 is 15.0 Å². The Balaban J connectivity index is 1.83. The van der Waals surface area contributed by atoms with E-state index in [1.807, 2.05) is 4.90 Å². The Hall–Kier alpha value is -3.34. The lowest BCUT2D eigenvalue weighted by Crippen LogP contribution is -2.38. The lowest BCUT2D eigenvalue weighted by atomic mass is 10.1. The van der Waals surface area contributed by atoms with Crippen molar-refractivity contribution >= 4 is 17.3 Å². The van der Waals surface area contributed by atoms with Gasteiger partial charge in [-0.3, -0.25) is 14.9 Å². The minimum atomic E-state index is -4.87. The Morgan fingerprint density at radius 2 is 1.90 bits per heavy atom. The molecule has 1 heterocycles. The highest BCUT2D eigenvalue weighted by Crippen LogP contribution is 2.28. The van der Waals surface area contributed by atoms with Gasteiger partial charge in [-0.2, -0.15) is 0 Å². The summed E-state index contributed by atoms with van der Waals surface area (Å²) in [5.41, 5.74) is 0.390. The first-order valence-electron chi connectivity index (χ1n) is 8.97. The normalized spacial score (nSPS) is 14.3. The van der Waals surface area contributed by atoms with Crippen LogP contribution in [-0.2, 0) is 11.3 Å². The van der Waals surface area contributed by atoms with E-state index in [1.54, 1.807) is 0 Å². The summed E-state index contributed by atoms with van der Waals surface area (Å²) >= 11 is 0. The van der Waals surface area contributed by atoms with Gasteiger partial charge in [-0.25, -0.2) is 0 Å². The molecule has 0 aliphatic carbocycles. The minimum absolute atomic E-state index is 0.0559. The Labute approximate surface area is 169 Å². The highest BCUT2D eigenvalue weighted by molar-refractivity contribution is 6.00. The van der Waals surface area contributed by atoms with E-state index < -0.39 is 22.9 Å². The Morgan fingerprint density at radius 3 is 2.57 bits per heavy atom. The van der Waals surface area contributed by atoms with E-state index in [4.69, 9.17) is 4.74 Å². The number of morpholine rings is 1. The van der Waals surface area contributed by atoms with Crippen LogP contribution in [0.3, 0.4) is 0 Å². The van der Waals surface area contributed by atoms with Crippen molar-refractivity contribution in [1.29, 1.82) is 0 Å². The quantitative estimate of drug-likeness (QED) is 0.564. The summed E-state index contributed by atoms with van der Waals surface area (Å²) in [5.74, 6) is -1.08. The fourth-order valence-corrected chi connectivity index (χ4v) is 3.04. The van der Waals surface area contributed by atoms with Crippen molar-refractivity contribution < 1.29 is 32.4 Å². The van der Waals surface area contributed by atoms with Gasteiger partial charge in [0.25, 0.3) is 11.6 Å². The van der Waals surface area contributed by atoms with Crippen molar-refractivity contribution in [3.8, 4) is 5.75 Å². The second-order valence-electron chi connectivity index (χ2n) is 6.40. The van der Waals surface area contributed by atoms with Gasteiger partial charge >= 0.3 is 6.36 Å². The summed E-state index contributed by atoms with van der Waals surface area (Å²) in [7, 11) is 0. The van der Waals surface area contributed by atoms with Crippen molar-refractivity contribution in [2.24, 2.45) is 0 Å². The number of nitro groups is 1. The van der Waals surface area contributed by atoms with Crippen LogP contribution in [0.25, 0.3) is 0 Å². The van der Waals surface area contributed by atoms with Crippen molar-refractivity contribution in [3.63, 3.8) is 0 Å². The molecular weight excluding hydrogens is 407 g/mol. The molecule has 30 heavy (non-hydrogen) atoms. The molecule has 3 rings (SSSR count). The zero-order chi connectivity index (χ0) is 21.7. The predicted octanol–water partition coefficient (Wildman–Crippen LogP) is 3.26. The van der Waals surface area contributed by atoms with E-state index >= 15 is 0 Å². The van der Waals surface area contributed by atoms with Gasteiger partial charge in [-0.15, -0.1) is 13.2 Å². The van der Waals surface area contributed by atoms with Crippen LogP contribution in [0.2, 0.25) is 0 Å². The number of carbonyl (C=O) groups excluding carboxylic acids is 1. The van der Waals surface area contributed by atoms with Gasteiger partial charge in [0, 0.05) is 37.3 Å². The highest BCUT2D eigenvalue weighted by Gasteiger charge is 2.32. The van der Waals surface area contributed by atoms with Gasteiger partial charge in [0.15, 0.2) is 0 Å². The zero-order valence-corrected chi connectivity index (χ0v) is 15.6. The largest absolute Gasteiger partial charge is 0.573 e. The first kappa shape index (κ1) is 21.4. The molecule has 0 atom stereocenters. The number of nitrogens with one attached hydrogen (secondary N) is 1. The molecule has 1 aliphatic rings. The number of nitrogens with zero attached hydrogens (tertiary/aromatic N) is 2. The molecule has 0 radical (unpaired) electrons. The number of halogens is 3. The number of ether oxygens (including phenoxy) is 2. The molecule has 1 N–H and O–H groups in total. The second-order valence-corrected chi connectivity index (χ2v) is 6.40. The van der Waals surface area contributed by atoms with Gasteiger partial charge in [-0.05, 0) is 12.1 Å². The first-order valence-corrected chi connectivity index (χ1v) is 8.97. The topological polar surface area (TPSA) is 93.9 Å². The molecule has 1 fully saturated rings. The lowest BCUT2D eigenvalue weighted by molar-refractivity contribution is -0.384. The van der Waals surface area contributed by atoms with Crippen molar-refractivity contribution in [3.05, 3.63) is 63.7 Å². The molecule has 0 bridgehead atoms. The predicted molar refractivity (Wildman–Crippen MR) is 100 cm³/mol. The molecule has 2 aromatic rings. The fourth-order valence-electron chi connectivity index (χ4n) is 3.04. The SMILES string of the molecule is O=C(NCc1ccccc1OC(F)(F)F)c1cc([N+](=O)[O-])ccc1N1CCOCC1. The maximum Gasteiger partial charge on any atom is 0.573 e. The number of hydrogen-bond acceptors (Lipinski definition) is 6. The molecule has 1 aliphatic heterocycles. The van der Waals surface area contributed by atoms with Crippen molar-refractivity contribution in [2.75, 3.05) is 31.2 Å². The van der Waals surface area contributed by atoms with E-state index in [2.05, 4.69) is 10.1 Å².